The molecule has 1 aliphatic heterocycles. The van der Waals surface area contributed by atoms with Crippen LogP contribution < -0.4 is 5.32 Å². The fraction of sp³-hybridized carbons (Fsp3) is 0.533. The van der Waals surface area contributed by atoms with E-state index in [1.165, 1.54) is 0 Å². The highest BCUT2D eigenvalue weighted by Gasteiger charge is 2.25. The third-order valence-corrected chi connectivity index (χ3v) is 4.27. The van der Waals surface area contributed by atoms with Gasteiger partial charge in [0.05, 0.1) is 6.10 Å². The van der Waals surface area contributed by atoms with Gasteiger partial charge in [0.1, 0.15) is 0 Å². The first-order chi connectivity index (χ1) is 9.58. The first-order valence-electron chi connectivity index (χ1n) is 7.02. The van der Waals surface area contributed by atoms with E-state index < -0.39 is 0 Å². The second-order valence-corrected chi connectivity index (χ2v) is 5.72. The summed E-state index contributed by atoms with van der Waals surface area (Å²) in [5.74, 6) is 0.308. The fourth-order valence-corrected chi connectivity index (χ4v) is 2.71. The van der Waals surface area contributed by atoms with Gasteiger partial charge in [-0.1, -0.05) is 29.8 Å². The average molecular weight is 297 g/mol. The van der Waals surface area contributed by atoms with Gasteiger partial charge in [-0.15, -0.1) is 0 Å². The summed E-state index contributed by atoms with van der Waals surface area (Å²) in [7, 11) is 0. The van der Waals surface area contributed by atoms with Crippen LogP contribution >= 0.6 is 11.6 Å². The molecule has 1 atom stereocenters. The van der Waals surface area contributed by atoms with Crippen molar-refractivity contribution >= 4 is 17.6 Å². The summed E-state index contributed by atoms with van der Waals surface area (Å²) >= 11 is 6.05. The Kier molecular flexibility index (Phi) is 5.26. The van der Waals surface area contributed by atoms with Crippen molar-refractivity contribution in [1.82, 2.24) is 10.2 Å². The Morgan fingerprint density at radius 1 is 1.45 bits per heavy atom. The van der Waals surface area contributed by atoms with Crippen LogP contribution in [-0.2, 0) is 6.54 Å². The minimum Gasteiger partial charge on any atom is -0.393 e. The molecule has 0 spiro atoms. The third kappa shape index (κ3) is 3.87. The van der Waals surface area contributed by atoms with Crippen LogP contribution in [0.1, 0.15) is 25.3 Å². The number of hydrogen-bond acceptors (Lipinski definition) is 2. The Balaban J connectivity index is 1.80. The van der Waals surface area contributed by atoms with Gasteiger partial charge in [-0.2, -0.15) is 0 Å². The van der Waals surface area contributed by atoms with Gasteiger partial charge in [-0.3, -0.25) is 0 Å². The summed E-state index contributed by atoms with van der Waals surface area (Å²) in [5, 5.41) is 13.1. The normalized spacial score (nSPS) is 17.9. The molecule has 110 valence electrons. The van der Waals surface area contributed by atoms with Crippen LogP contribution in [0.4, 0.5) is 4.79 Å². The van der Waals surface area contributed by atoms with Crippen LogP contribution in [0.25, 0.3) is 0 Å². The van der Waals surface area contributed by atoms with Crippen molar-refractivity contribution in [1.29, 1.82) is 0 Å². The molecule has 0 radical (unpaired) electrons. The van der Waals surface area contributed by atoms with E-state index in [1.807, 2.05) is 31.2 Å². The number of halogens is 1. The lowest BCUT2D eigenvalue weighted by Gasteiger charge is -2.33. The number of rotatable bonds is 3. The number of urea groups is 1. The maximum absolute atomic E-state index is 12.1. The van der Waals surface area contributed by atoms with E-state index >= 15 is 0 Å². The van der Waals surface area contributed by atoms with Crippen LogP contribution in [0, 0.1) is 5.92 Å². The summed E-state index contributed by atoms with van der Waals surface area (Å²) in [6.07, 6.45) is 1.43. The number of nitrogens with zero attached hydrogens (tertiary/aromatic N) is 1. The molecule has 0 aromatic heterocycles. The molecule has 0 bridgehead atoms. The maximum Gasteiger partial charge on any atom is 0.317 e. The Bertz CT molecular complexity index is 457. The maximum atomic E-state index is 12.1. The standard InChI is InChI=1S/C15H21ClN2O2/c1-11(19)12-6-8-18(9-7-12)15(20)17-10-13-4-2-3-5-14(13)16/h2-5,11-12,19H,6-10H2,1H3,(H,17,20). The molecule has 0 saturated carbocycles. The van der Waals surface area contributed by atoms with E-state index in [1.54, 1.807) is 4.90 Å². The topological polar surface area (TPSA) is 52.6 Å². The van der Waals surface area contributed by atoms with Crippen LogP contribution in [-0.4, -0.2) is 35.2 Å². The van der Waals surface area contributed by atoms with E-state index in [2.05, 4.69) is 5.32 Å². The lowest BCUT2D eigenvalue weighted by atomic mass is 9.92. The SMILES string of the molecule is CC(O)C1CCN(C(=O)NCc2ccccc2Cl)CC1. The summed E-state index contributed by atoms with van der Waals surface area (Å²) in [4.78, 5) is 13.9. The van der Waals surface area contributed by atoms with Crippen molar-refractivity contribution in [2.45, 2.75) is 32.4 Å². The molecule has 1 unspecified atom stereocenters. The first-order valence-corrected chi connectivity index (χ1v) is 7.40. The number of nitrogens with one attached hydrogen (secondary N) is 1. The lowest BCUT2D eigenvalue weighted by Crippen LogP contribution is -2.45. The second-order valence-electron chi connectivity index (χ2n) is 5.32. The highest BCUT2D eigenvalue weighted by atomic mass is 35.5. The van der Waals surface area contributed by atoms with E-state index in [0.717, 1.165) is 18.4 Å². The van der Waals surface area contributed by atoms with E-state index in [0.29, 0.717) is 30.6 Å². The molecular weight excluding hydrogens is 276 g/mol. The molecule has 1 heterocycles. The fourth-order valence-electron chi connectivity index (χ4n) is 2.51. The predicted molar refractivity (Wildman–Crippen MR) is 79.7 cm³/mol. The largest absolute Gasteiger partial charge is 0.393 e. The number of aliphatic hydroxyl groups is 1. The molecule has 1 fully saturated rings. The number of likely N-dealkylation sites (tertiary alicyclic amines) is 1. The van der Waals surface area contributed by atoms with Gasteiger partial charge in [0, 0.05) is 24.7 Å². The zero-order chi connectivity index (χ0) is 14.5. The Morgan fingerprint density at radius 3 is 2.70 bits per heavy atom. The summed E-state index contributed by atoms with van der Waals surface area (Å²) in [5.41, 5.74) is 0.918. The molecule has 1 aliphatic rings. The molecule has 2 amide bonds. The Morgan fingerprint density at radius 2 is 2.10 bits per heavy atom. The third-order valence-electron chi connectivity index (χ3n) is 3.90. The zero-order valence-corrected chi connectivity index (χ0v) is 12.4. The van der Waals surface area contributed by atoms with Crippen molar-refractivity contribution in [3.05, 3.63) is 34.9 Å². The summed E-state index contributed by atoms with van der Waals surface area (Å²) < 4.78 is 0. The van der Waals surface area contributed by atoms with E-state index in [4.69, 9.17) is 11.6 Å². The number of hydrogen-bond donors (Lipinski definition) is 2. The molecule has 1 aromatic carbocycles. The number of aliphatic hydroxyl groups excluding tert-OH is 1. The monoisotopic (exact) mass is 296 g/mol. The average Bonchev–Trinajstić information content (AvgIpc) is 2.46. The molecule has 4 nitrogen and oxygen atoms in total. The number of piperidine rings is 1. The predicted octanol–water partition coefficient (Wildman–Crippen LogP) is 2.64. The van der Waals surface area contributed by atoms with Crippen molar-refractivity contribution in [2.75, 3.05) is 13.1 Å². The lowest BCUT2D eigenvalue weighted by molar-refractivity contribution is 0.0798. The van der Waals surface area contributed by atoms with Crippen molar-refractivity contribution in [3.63, 3.8) is 0 Å². The minimum absolute atomic E-state index is 0.0611. The Labute approximate surface area is 124 Å². The molecule has 2 N–H and O–H groups in total. The number of benzene rings is 1. The van der Waals surface area contributed by atoms with Crippen LogP contribution in [0.5, 0.6) is 0 Å². The van der Waals surface area contributed by atoms with Crippen LogP contribution in [0.3, 0.4) is 0 Å². The highest BCUT2D eigenvalue weighted by Crippen LogP contribution is 2.20. The molecule has 1 saturated heterocycles. The molecule has 1 aromatic rings. The van der Waals surface area contributed by atoms with Crippen molar-refractivity contribution < 1.29 is 9.90 Å². The van der Waals surface area contributed by atoms with Crippen LogP contribution in [0.2, 0.25) is 5.02 Å². The quantitative estimate of drug-likeness (QED) is 0.901. The molecular formula is C15H21ClN2O2. The van der Waals surface area contributed by atoms with Crippen molar-refractivity contribution in [3.8, 4) is 0 Å². The van der Waals surface area contributed by atoms with Gasteiger partial charge in [-0.05, 0) is 37.3 Å². The first kappa shape index (κ1) is 15.1. The number of carbonyl (C=O) groups excluding carboxylic acids is 1. The number of carbonyl (C=O) groups is 1. The van der Waals surface area contributed by atoms with Crippen molar-refractivity contribution in [2.24, 2.45) is 5.92 Å². The second kappa shape index (κ2) is 6.95. The molecule has 5 heteroatoms. The molecule has 0 aliphatic carbocycles. The summed E-state index contributed by atoms with van der Waals surface area (Å²) in [6.45, 7) is 3.65. The van der Waals surface area contributed by atoms with Gasteiger partial charge in [0.25, 0.3) is 0 Å². The Hall–Kier alpha value is -1.26. The van der Waals surface area contributed by atoms with Gasteiger partial charge in [0.2, 0.25) is 0 Å². The van der Waals surface area contributed by atoms with E-state index in [9.17, 15) is 9.90 Å². The van der Waals surface area contributed by atoms with Gasteiger partial charge in [0.15, 0.2) is 0 Å². The van der Waals surface area contributed by atoms with Gasteiger partial charge >= 0.3 is 6.03 Å². The highest BCUT2D eigenvalue weighted by molar-refractivity contribution is 6.31. The van der Waals surface area contributed by atoms with Gasteiger partial charge in [-0.25, -0.2) is 4.79 Å². The zero-order valence-electron chi connectivity index (χ0n) is 11.7. The number of amides is 2. The van der Waals surface area contributed by atoms with E-state index in [-0.39, 0.29) is 12.1 Å². The smallest absolute Gasteiger partial charge is 0.317 e. The summed E-state index contributed by atoms with van der Waals surface area (Å²) in [6, 6.07) is 7.43. The van der Waals surface area contributed by atoms with Crippen LogP contribution in [0.15, 0.2) is 24.3 Å². The molecule has 2 rings (SSSR count). The molecule has 20 heavy (non-hydrogen) atoms. The minimum atomic E-state index is -0.289. The van der Waals surface area contributed by atoms with Gasteiger partial charge < -0.3 is 15.3 Å².